The molecule has 2 aromatic rings. The molecular formula is C16H14ClFN2O. The zero-order chi connectivity index (χ0) is 15.5. The van der Waals surface area contributed by atoms with Gasteiger partial charge in [-0.2, -0.15) is 5.26 Å². The lowest BCUT2D eigenvalue weighted by Gasteiger charge is -2.26. The van der Waals surface area contributed by atoms with Crippen LogP contribution in [0, 0.1) is 17.1 Å². The highest BCUT2D eigenvalue weighted by atomic mass is 35.5. The first-order chi connectivity index (χ1) is 9.98. The normalized spacial score (nSPS) is 13.1. The van der Waals surface area contributed by atoms with Gasteiger partial charge < -0.3 is 10.1 Å². The maximum atomic E-state index is 13.1. The summed E-state index contributed by atoms with van der Waals surface area (Å²) in [5, 5.41) is 12.8. The third-order valence-corrected chi connectivity index (χ3v) is 3.49. The Hall–Kier alpha value is -2.25. The van der Waals surface area contributed by atoms with E-state index in [2.05, 4.69) is 11.4 Å². The molecule has 108 valence electrons. The van der Waals surface area contributed by atoms with Crippen LogP contribution in [0.1, 0.15) is 12.5 Å². The molecule has 1 N–H and O–H groups in total. The summed E-state index contributed by atoms with van der Waals surface area (Å²) in [7, 11) is 1.58. The molecule has 0 saturated carbocycles. The highest BCUT2D eigenvalue weighted by molar-refractivity contribution is 6.31. The van der Waals surface area contributed by atoms with Gasteiger partial charge in [-0.25, -0.2) is 4.39 Å². The molecule has 0 amide bonds. The molecule has 0 aliphatic carbocycles. The van der Waals surface area contributed by atoms with Crippen molar-refractivity contribution in [2.45, 2.75) is 12.5 Å². The number of halogens is 2. The first-order valence-electron chi connectivity index (χ1n) is 6.27. The predicted octanol–water partition coefficient (Wildman–Crippen LogP) is 4.34. The van der Waals surface area contributed by atoms with Crippen LogP contribution in [0.4, 0.5) is 10.1 Å². The van der Waals surface area contributed by atoms with E-state index < -0.39 is 11.4 Å². The summed E-state index contributed by atoms with van der Waals surface area (Å²) in [6, 6.07) is 13.3. The third-order valence-electron chi connectivity index (χ3n) is 3.18. The van der Waals surface area contributed by atoms with Crippen LogP contribution in [0.25, 0.3) is 0 Å². The second-order valence-corrected chi connectivity index (χ2v) is 5.12. The van der Waals surface area contributed by atoms with E-state index in [4.69, 9.17) is 16.3 Å². The van der Waals surface area contributed by atoms with Crippen LogP contribution in [0.2, 0.25) is 5.02 Å². The fraction of sp³-hybridized carbons (Fsp3) is 0.188. The fourth-order valence-corrected chi connectivity index (χ4v) is 2.37. The third kappa shape index (κ3) is 3.26. The van der Waals surface area contributed by atoms with E-state index in [1.165, 1.54) is 18.2 Å². The van der Waals surface area contributed by atoms with Gasteiger partial charge in [-0.3, -0.25) is 0 Å². The number of benzene rings is 2. The molecule has 3 nitrogen and oxygen atoms in total. The van der Waals surface area contributed by atoms with E-state index in [1.807, 2.05) is 0 Å². The number of ether oxygens (including phenoxy) is 1. The molecule has 0 aliphatic rings. The molecule has 2 rings (SSSR count). The molecule has 0 spiro atoms. The van der Waals surface area contributed by atoms with Crippen LogP contribution in [-0.2, 0) is 5.54 Å². The minimum absolute atomic E-state index is 0.208. The van der Waals surface area contributed by atoms with E-state index in [0.717, 1.165) is 11.4 Å². The van der Waals surface area contributed by atoms with Gasteiger partial charge in [0.25, 0.3) is 0 Å². The zero-order valence-electron chi connectivity index (χ0n) is 11.7. The maximum absolute atomic E-state index is 13.1. The lowest BCUT2D eigenvalue weighted by molar-refractivity contribution is 0.415. The van der Waals surface area contributed by atoms with Crippen LogP contribution >= 0.6 is 11.6 Å². The molecule has 0 saturated heterocycles. The van der Waals surface area contributed by atoms with Crippen molar-refractivity contribution in [2.75, 3.05) is 12.4 Å². The summed E-state index contributed by atoms with van der Waals surface area (Å²) in [5.74, 6) is 0.285. The predicted molar refractivity (Wildman–Crippen MR) is 81.0 cm³/mol. The largest absolute Gasteiger partial charge is 0.497 e. The van der Waals surface area contributed by atoms with Crippen molar-refractivity contribution in [2.24, 2.45) is 0 Å². The molecule has 21 heavy (non-hydrogen) atoms. The van der Waals surface area contributed by atoms with Gasteiger partial charge in [-0.1, -0.05) is 17.7 Å². The number of anilines is 1. The summed E-state index contributed by atoms with van der Waals surface area (Å²) in [5.41, 5.74) is 0.184. The molecule has 0 aliphatic heterocycles. The summed E-state index contributed by atoms with van der Waals surface area (Å²) in [4.78, 5) is 0. The lowest BCUT2D eigenvalue weighted by atomic mass is 9.93. The Balaban J connectivity index is 2.34. The van der Waals surface area contributed by atoms with E-state index in [0.29, 0.717) is 5.56 Å². The minimum Gasteiger partial charge on any atom is -0.497 e. The van der Waals surface area contributed by atoms with Gasteiger partial charge >= 0.3 is 0 Å². The van der Waals surface area contributed by atoms with Crippen molar-refractivity contribution in [3.63, 3.8) is 0 Å². The van der Waals surface area contributed by atoms with Gasteiger partial charge in [-0.05, 0) is 43.3 Å². The SMILES string of the molecule is COc1ccc(NC(C)(C#N)c2ccc(F)cc2Cl)cc1. The van der Waals surface area contributed by atoms with E-state index >= 15 is 0 Å². The summed E-state index contributed by atoms with van der Waals surface area (Å²) >= 11 is 6.06. The van der Waals surface area contributed by atoms with E-state index in [9.17, 15) is 9.65 Å². The average Bonchev–Trinajstić information content (AvgIpc) is 2.47. The molecule has 0 bridgehead atoms. The van der Waals surface area contributed by atoms with Crippen molar-refractivity contribution >= 4 is 17.3 Å². The smallest absolute Gasteiger partial charge is 0.149 e. The number of nitrogens with one attached hydrogen (secondary N) is 1. The van der Waals surface area contributed by atoms with Gasteiger partial charge in [0.05, 0.1) is 18.2 Å². The molecule has 2 aromatic carbocycles. The Morgan fingerprint density at radius 2 is 1.90 bits per heavy atom. The number of rotatable bonds is 4. The number of nitriles is 1. The highest BCUT2D eigenvalue weighted by Gasteiger charge is 2.28. The number of nitrogens with zero attached hydrogens (tertiary/aromatic N) is 1. The standard InChI is InChI=1S/C16H14ClFN2O/c1-16(10-19,14-8-3-11(18)9-15(14)17)20-12-4-6-13(21-2)7-5-12/h3-9,20H,1-2H3. The van der Waals surface area contributed by atoms with Crippen molar-refractivity contribution in [3.8, 4) is 11.8 Å². The Labute approximate surface area is 127 Å². The van der Waals surface area contributed by atoms with Gasteiger partial charge in [0, 0.05) is 11.3 Å². The second kappa shape index (κ2) is 6.02. The first kappa shape index (κ1) is 15.1. The average molecular weight is 305 g/mol. The Morgan fingerprint density at radius 1 is 1.24 bits per heavy atom. The monoisotopic (exact) mass is 304 g/mol. The molecule has 0 fully saturated rings. The van der Waals surface area contributed by atoms with Crippen LogP contribution in [-0.4, -0.2) is 7.11 Å². The summed E-state index contributed by atoms with van der Waals surface area (Å²) in [6.07, 6.45) is 0. The molecule has 5 heteroatoms. The Bertz CT molecular complexity index is 682. The fourth-order valence-electron chi connectivity index (χ4n) is 2.01. The second-order valence-electron chi connectivity index (χ2n) is 4.71. The highest BCUT2D eigenvalue weighted by Crippen LogP contribution is 2.32. The van der Waals surface area contributed by atoms with E-state index in [-0.39, 0.29) is 5.02 Å². The van der Waals surface area contributed by atoms with Gasteiger partial charge in [0.15, 0.2) is 0 Å². The van der Waals surface area contributed by atoms with Crippen LogP contribution < -0.4 is 10.1 Å². The van der Waals surface area contributed by atoms with Crippen LogP contribution in [0.5, 0.6) is 5.75 Å². The zero-order valence-corrected chi connectivity index (χ0v) is 12.4. The molecule has 0 radical (unpaired) electrons. The Morgan fingerprint density at radius 3 is 2.43 bits per heavy atom. The van der Waals surface area contributed by atoms with Crippen molar-refractivity contribution in [1.29, 1.82) is 5.26 Å². The number of hydrogen-bond acceptors (Lipinski definition) is 3. The molecule has 1 unspecified atom stereocenters. The van der Waals surface area contributed by atoms with Crippen LogP contribution in [0.3, 0.4) is 0 Å². The van der Waals surface area contributed by atoms with Gasteiger partial charge in [0.2, 0.25) is 0 Å². The quantitative estimate of drug-likeness (QED) is 0.914. The number of methoxy groups -OCH3 is 1. The topological polar surface area (TPSA) is 45.0 Å². The van der Waals surface area contributed by atoms with Crippen molar-refractivity contribution in [1.82, 2.24) is 0 Å². The maximum Gasteiger partial charge on any atom is 0.149 e. The van der Waals surface area contributed by atoms with E-state index in [1.54, 1.807) is 38.3 Å². The first-order valence-corrected chi connectivity index (χ1v) is 6.65. The number of hydrogen-bond donors (Lipinski definition) is 1. The molecule has 0 aromatic heterocycles. The van der Waals surface area contributed by atoms with Crippen LogP contribution in [0.15, 0.2) is 42.5 Å². The van der Waals surface area contributed by atoms with Crippen molar-refractivity contribution < 1.29 is 9.13 Å². The Kier molecular flexibility index (Phi) is 4.35. The summed E-state index contributed by atoms with van der Waals surface area (Å²) < 4.78 is 18.2. The summed E-state index contributed by atoms with van der Waals surface area (Å²) in [6.45, 7) is 1.69. The lowest BCUT2D eigenvalue weighted by Crippen LogP contribution is -2.30. The molecule has 1 atom stereocenters. The van der Waals surface area contributed by atoms with Crippen molar-refractivity contribution in [3.05, 3.63) is 58.9 Å². The molecule has 0 heterocycles. The molecular weight excluding hydrogens is 291 g/mol. The minimum atomic E-state index is -1.07. The van der Waals surface area contributed by atoms with Gasteiger partial charge in [-0.15, -0.1) is 0 Å². The van der Waals surface area contributed by atoms with Gasteiger partial charge in [0.1, 0.15) is 17.1 Å².